The van der Waals surface area contributed by atoms with Crippen LogP contribution in [0.5, 0.6) is 0 Å². The number of aliphatic hydroxyl groups is 1. The summed E-state index contributed by atoms with van der Waals surface area (Å²) in [6.45, 7) is 9.38. The molecule has 0 amide bonds. The van der Waals surface area contributed by atoms with Gasteiger partial charge in [0.2, 0.25) is 0 Å². The Bertz CT molecular complexity index is 1790. The molecule has 0 fully saturated rings. The number of phosphoric ester groups is 2. The van der Waals surface area contributed by atoms with E-state index in [1.807, 2.05) is 0 Å². The molecule has 3 N–H and O–H groups in total. The second kappa shape index (κ2) is 59.8. The highest BCUT2D eigenvalue weighted by molar-refractivity contribution is 7.47. The van der Waals surface area contributed by atoms with Gasteiger partial charge in [0, 0.05) is 25.7 Å². The lowest BCUT2D eigenvalue weighted by Crippen LogP contribution is -2.30. The lowest BCUT2D eigenvalue weighted by molar-refractivity contribution is -0.161. The lowest BCUT2D eigenvalue weighted by atomic mass is 10.0. The van der Waals surface area contributed by atoms with Crippen molar-refractivity contribution in [1.29, 1.82) is 0 Å². The monoisotopic (exact) mass is 1280 g/mol. The third kappa shape index (κ3) is 62.1. The predicted octanol–water partition coefficient (Wildman–Crippen LogP) is 18.8. The standard InChI is InChI=1S/C68H128O17P2/c1-7-9-11-13-15-17-18-19-20-21-22-26-34-40-46-52-67(72)84-63(57-79-66(71)51-45-39-33-27-23-25-30-36-42-48-60(3)4)58-82-86(74,75)80-54-62(69)55-81-87(76,77)83-59-64(56-78-65(70)50-44-38-32-24-16-14-12-10-8-2)85-68(73)53-47-41-35-29-28-31-37-43-49-61(5)6/h17-20,60-64,69H,7-16,21-59H2,1-6H3,(H,74,75)(H,76,77)/b18-17-,20-19-/t62-,63-,64-/m1/s1. The van der Waals surface area contributed by atoms with Crippen molar-refractivity contribution in [2.24, 2.45) is 11.8 Å². The zero-order valence-corrected chi connectivity index (χ0v) is 57.6. The summed E-state index contributed by atoms with van der Waals surface area (Å²) in [5, 5.41) is 10.6. The molecule has 5 atom stereocenters. The van der Waals surface area contributed by atoms with Crippen molar-refractivity contribution in [3.63, 3.8) is 0 Å². The molecular weight excluding hydrogens is 1150 g/mol. The van der Waals surface area contributed by atoms with Gasteiger partial charge in [-0.05, 0) is 63.2 Å². The maximum Gasteiger partial charge on any atom is 0.472 e. The number of phosphoric acid groups is 2. The van der Waals surface area contributed by atoms with E-state index >= 15 is 0 Å². The average molecular weight is 1280 g/mol. The minimum atomic E-state index is -4.96. The van der Waals surface area contributed by atoms with Crippen molar-refractivity contribution in [3.8, 4) is 0 Å². The van der Waals surface area contributed by atoms with Gasteiger partial charge in [0.15, 0.2) is 12.2 Å². The first-order valence-electron chi connectivity index (χ1n) is 34.8. The van der Waals surface area contributed by atoms with Crippen molar-refractivity contribution < 1.29 is 80.2 Å². The van der Waals surface area contributed by atoms with E-state index in [4.69, 9.17) is 37.0 Å². The molecule has 0 rings (SSSR count). The van der Waals surface area contributed by atoms with Crippen LogP contribution in [0.15, 0.2) is 24.3 Å². The maximum atomic E-state index is 13.0. The van der Waals surface area contributed by atoms with E-state index in [-0.39, 0.29) is 25.7 Å². The van der Waals surface area contributed by atoms with Gasteiger partial charge in [-0.3, -0.25) is 37.3 Å². The Labute approximate surface area is 529 Å². The number of carbonyl (C=O) groups excluding carboxylic acids is 4. The Morgan fingerprint density at radius 2 is 0.621 bits per heavy atom. The molecule has 0 aromatic carbocycles. The smallest absolute Gasteiger partial charge is 0.462 e. The van der Waals surface area contributed by atoms with Crippen molar-refractivity contribution >= 4 is 39.5 Å². The highest BCUT2D eigenvalue weighted by Gasteiger charge is 2.30. The maximum absolute atomic E-state index is 13.0. The van der Waals surface area contributed by atoms with Crippen molar-refractivity contribution in [3.05, 3.63) is 24.3 Å². The first-order valence-corrected chi connectivity index (χ1v) is 37.8. The summed E-state index contributed by atoms with van der Waals surface area (Å²) in [6, 6.07) is 0. The zero-order chi connectivity index (χ0) is 64.3. The van der Waals surface area contributed by atoms with Crippen LogP contribution in [0.25, 0.3) is 0 Å². The van der Waals surface area contributed by atoms with Crippen molar-refractivity contribution in [2.45, 2.75) is 336 Å². The number of hydrogen-bond acceptors (Lipinski definition) is 15. The lowest BCUT2D eigenvalue weighted by Gasteiger charge is -2.21. The second-order valence-corrected chi connectivity index (χ2v) is 27.7. The SMILES string of the molecule is CCCCCC/C=C\C=C/CCCCCCCC(=O)O[C@H](COC(=O)CCCCCCCCCCCC(C)C)COP(=O)(O)OC[C@@H](O)COP(=O)(O)OC[C@@H](COC(=O)CCCCCCCCCCC)OC(=O)CCCCCCCCCCC(C)C. The van der Waals surface area contributed by atoms with E-state index < -0.39 is 97.5 Å². The molecule has 0 heterocycles. The van der Waals surface area contributed by atoms with Gasteiger partial charge >= 0.3 is 39.5 Å². The summed E-state index contributed by atoms with van der Waals surface area (Å²) in [4.78, 5) is 72.3. The molecular formula is C68H128O17P2. The Morgan fingerprint density at radius 1 is 0.356 bits per heavy atom. The number of unbranched alkanes of at least 4 members (excludes halogenated alkanes) is 32. The third-order valence-electron chi connectivity index (χ3n) is 15.1. The first-order chi connectivity index (χ1) is 41.9. The minimum Gasteiger partial charge on any atom is -0.462 e. The molecule has 0 spiro atoms. The second-order valence-electron chi connectivity index (χ2n) is 24.8. The fourth-order valence-corrected chi connectivity index (χ4v) is 11.3. The largest absolute Gasteiger partial charge is 0.472 e. The van der Waals surface area contributed by atoms with Gasteiger partial charge < -0.3 is 33.8 Å². The number of carbonyl (C=O) groups is 4. The number of aliphatic hydroxyl groups excluding tert-OH is 1. The number of allylic oxidation sites excluding steroid dienone is 4. The van der Waals surface area contributed by atoms with Gasteiger partial charge in [-0.2, -0.15) is 0 Å². The van der Waals surface area contributed by atoms with Gasteiger partial charge in [0.05, 0.1) is 26.4 Å². The average Bonchev–Trinajstić information content (AvgIpc) is 3.69. The molecule has 17 nitrogen and oxygen atoms in total. The van der Waals surface area contributed by atoms with Crippen LogP contribution in [-0.2, 0) is 65.4 Å². The van der Waals surface area contributed by atoms with Gasteiger partial charge in [0.1, 0.15) is 19.3 Å². The Balaban J connectivity index is 5.28. The number of esters is 4. The summed E-state index contributed by atoms with van der Waals surface area (Å²) < 4.78 is 68.1. The van der Waals surface area contributed by atoms with Crippen LogP contribution in [0, 0.1) is 11.8 Å². The van der Waals surface area contributed by atoms with Gasteiger partial charge in [-0.25, -0.2) is 9.13 Å². The molecule has 0 aromatic rings. The molecule has 0 saturated heterocycles. The van der Waals surface area contributed by atoms with E-state index in [1.165, 1.54) is 122 Å². The Hall–Kier alpha value is -2.46. The van der Waals surface area contributed by atoms with E-state index in [0.29, 0.717) is 25.7 Å². The highest BCUT2D eigenvalue weighted by atomic mass is 31.2. The Kier molecular flexibility index (Phi) is 58.1. The molecule has 2 unspecified atom stereocenters. The summed E-state index contributed by atoms with van der Waals surface area (Å²) in [5.41, 5.74) is 0. The molecule has 19 heteroatoms. The number of ether oxygens (including phenoxy) is 4. The van der Waals surface area contributed by atoms with Crippen molar-refractivity contribution in [1.82, 2.24) is 0 Å². The number of rotatable bonds is 65. The van der Waals surface area contributed by atoms with Crippen LogP contribution >= 0.6 is 15.6 Å². The molecule has 0 saturated carbocycles. The summed E-state index contributed by atoms with van der Waals surface area (Å²) >= 11 is 0. The first kappa shape index (κ1) is 84.5. The predicted molar refractivity (Wildman–Crippen MR) is 349 cm³/mol. The quantitative estimate of drug-likeness (QED) is 0.0169. The molecule has 0 radical (unpaired) electrons. The van der Waals surface area contributed by atoms with Gasteiger partial charge in [-0.1, -0.05) is 265 Å². The minimum absolute atomic E-state index is 0.0844. The molecule has 0 aliphatic heterocycles. The molecule has 0 aromatic heterocycles. The van der Waals surface area contributed by atoms with Crippen LogP contribution in [0.1, 0.15) is 318 Å². The van der Waals surface area contributed by atoms with Crippen molar-refractivity contribution in [2.75, 3.05) is 39.6 Å². The highest BCUT2D eigenvalue weighted by Crippen LogP contribution is 2.45. The molecule has 0 bridgehead atoms. The topological polar surface area (TPSA) is 237 Å². The van der Waals surface area contributed by atoms with Crippen LogP contribution in [-0.4, -0.2) is 96.7 Å². The Morgan fingerprint density at radius 3 is 0.943 bits per heavy atom. The van der Waals surface area contributed by atoms with E-state index in [1.54, 1.807) is 0 Å². The van der Waals surface area contributed by atoms with Gasteiger partial charge in [0.25, 0.3) is 0 Å². The number of hydrogen-bond donors (Lipinski definition) is 3. The van der Waals surface area contributed by atoms with E-state index in [9.17, 15) is 43.2 Å². The third-order valence-corrected chi connectivity index (χ3v) is 17.0. The molecule has 0 aliphatic rings. The van der Waals surface area contributed by atoms with E-state index in [2.05, 4.69) is 65.8 Å². The molecule has 512 valence electrons. The molecule has 0 aliphatic carbocycles. The summed E-state index contributed by atoms with van der Waals surface area (Å²) in [5.74, 6) is -0.703. The fourth-order valence-electron chi connectivity index (χ4n) is 9.70. The fraction of sp³-hybridized carbons (Fsp3) is 0.882. The van der Waals surface area contributed by atoms with Crippen LogP contribution in [0.2, 0.25) is 0 Å². The normalized spacial score (nSPS) is 14.4. The van der Waals surface area contributed by atoms with Crippen LogP contribution < -0.4 is 0 Å². The van der Waals surface area contributed by atoms with Gasteiger partial charge in [-0.15, -0.1) is 0 Å². The molecule has 87 heavy (non-hydrogen) atoms. The summed E-state index contributed by atoms with van der Waals surface area (Å²) in [6.07, 6.45) is 46.7. The van der Waals surface area contributed by atoms with Crippen LogP contribution in [0.4, 0.5) is 0 Å². The van der Waals surface area contributed by atoms with Crippen LogP contribution in [0.3, 0.4) is 0 Å². The zero-order valence-electron chi connectivity index (χ0n) is 55.8. The summed E-state index contributed by atoms with van der Waals surface area (Å²) in [7, 11) is -9.91. The van der Waals surface area contributed by atoms with E-state index in [0.717, 1.165) is 115 Å².